The molecule has 0 spiro atoms. The van der Waals surface area contributed by atoms with Gasteiger partial charge in [0.05, 0.1) is 17.0 Å². The molecule has 0 aliphatic carbocycles. The van der Waals surface area contributed by atoms with E-state index in [1.54, 1.807) is 6.07 Å². The van der Waals surface area contributed by atoms with Crippen molar-refractivity contribution in [2.75, 3.05) is 6.61 Å². The van der Waals surface area contributed by atoms with Crippen LogP contribution in [0.15, 0.2) is 95.8 Å². The van der Waals surface area contributed by atoms with Crippen molar-refractivity contribution in [2.45, 2.75) is 13.3 Å². The van der Waals surface area contributed by atoms with E-state index in [0.29, 0.717) is 22.4 Å². The molecule has 206 valence electrons. The third kappa shape index (κ3) is 7.50. The normalized spacial score (nSPS) is 13.8. The Morgan fingerprint density at radius 1 is 0.769 bits per heavy atom. The van der Waals surface area contributed by atoms with Gasteiger partial charge in [-0.2, -0.15) is 0 Å². The predicted octanol–water partition coefficient (Wildman–Crippen LogP) is 11.6. The zero-order valence-corrected chi connectivity index (χ0v) is 22.9. The molecule has 5 rings (SSSR count). The standard InChI is InChI=1S/C28H22ClO2S.F6P/c1-2-18-31-24-17-16-23(29)26-27(30)22-10-6-7-11-25(22)32(28(24)26)21-14-12-20(13-15-21)19-8-4-3-5-9-19;1-7(2,3,4,5)6/h3-17H,2,18H2,1H3;/q+1;-1. The fraction of sp³-hybridized carbons (Fsp3) is 0.107. The molecule has 4 aromatic carbocycles. The number of fused-ring (bicyclic) bond motifs is 2. The number of benzene rings is 4. The van der Waals surface area contributed by atoms with Gasteiger partial charge in [-0.1, -0.05) is 61.0 Å². The number of halogens is 7. The third-order valence-electron chi connectivity index (χ3n) is 5.51. The second-order valence-electron chi connectivity index (χ2n) is 8.58. The van der Waals surface area contributed by atoms with Crippen LogP contribution in [-0.4, -0.2) is 6.61 Å². The van der Waals surface area contributed by atoms with Crippen molar-refractivity contribution in [3.8, 4) is 21.8 Å². The summed E-state index contributed by atoms with van der Waals surface area (Å²) in [6.07, 6.45) is 0.890. The van der Waals surface area contributed by atoms with Crippen molar-refractivity contribution in [1.29, 1.82) is 0 Å². The van der Waals surface area contributed by atoms with E-state index in [1.165, 1.54) is 5.56 Å². The molecule has 2 nitrogen and oxygen atoms in total. The SMILES string of the molecule is CCCOc1ccc(Cl)c2c(=O)c3ccccc3[s+](-c3ccc(-c4ccccc4)cc3)c12.F[P-](F)(F)(F)(F)F. The predicted molar refractivity (Wildman–Crippen MR) is 151 cm³/mol. The van der Waals surface area contributed by atoms with Gasteiger partial charge < -0.3 is 4.74 Å². The second-order valence-corrected chi connectivity index (χ2v) is 12.8. The van der Waals surface area contributed by atoms with Gasteiger partial charge in [0.1, 0.15) is 5.39 Å². The van der Waals surface area contributed by atoms with Gasteiger partial charge in [-0.25, -0.2) is 0 Å². The van der Waals surface area contributed by atoms with Crippen LogP contribution in [0.3, 0.4) is 0 Å². The van der Waals surface area contributed by atoms with Crippen LogP contribution < -0.4 is 10.2 Å². The van der Waals surface area contributed by atoms with Gasteiger partial charge in [-0.3, -0.25) is 4.79 Å². The summed E-state index contributed by atoms with van der Waals surface area (Å²) < 4.78 is 67.2. The van der Waals surface area contributed by atoms with Gasteiger partial charge in [0.25, 0.3) is 0 Å². The molecule has 11 heteroatoms. The molecule has 0 saturated carbocycles. The quantitative estimate of drug-likeness (QED) is 0.0865. The fourth-order valence-electron chi connectivity index (χ4n) is 4.02. The van der Waals surface area contributed by atoms with Gasteiger partial charge in [-0.05, 0) is 66.1 Å². The monoisotopic (exact) mass is 602 g/mol. The summed E-state index contributed by atoms with van der Waals surface area (Å²) in [7, 11) is -11.2. The van der Waals surface area contributed by atoms with E-state index in [0.717, 1.165) is 32.0 Å². The Bertz CT molecular complexity index is 1700. The summed E-state index contributed by atoms with van der Waals surface area (Å²) in [5.74, 6) is 0.740. The van der Waals surface area contributed by atoms with Crippen molar-refractivity contribution < 1.29 is 29.9 Å². The van der Waals surface area contributed by atoms with Gasteiger partial charge in [0.15, 0.2) is 15.3 Å². The topological polar surface area (TPSA) is 26.3 Å². The minimum absolute atomic E-state index is 0.0350. The van der Waals surface area contributed by atoms with E-state index >= 15 is 0 Å². The average molecular weight is 603 g/mol. The molecule has 0 saturated heterocycles. The Balaban J connectivity index is 0.000000448. The molecule has 1 heterocycles. The van der Waals surface area contributed by atoms with E-state index < -0.39 is 18.3 Å². The number of hydrogen-bond acceptors (Lipinski definition) is 2. The number of rotatable bonds is 5. The Hall–Kier alpha value is -3.13. The van der Waals surface area contributed by atoms with E-state index in [2.05, 4.69) is 49.4 Å². The molecule has 1 unspecified atom stereocenters. The molecule has 39 heavy (non-hydrogen) atoms. The Labute approximate surface area is 227 Å². The molecule has 0 bridgehead atoms. The molecule has 0 radical (unpaired) electrons. The Morgan fingerprint density at radius 3 is 1.95 bits per heavy atom. The summed E-state index contributed by atoms with van der Waals surface area (Å²) in [5.41, 5.74) is 2.30. The van der Waals surface area contributed by atoms with Gasteiger partial charge in [0.2, 0.25) is 10.1 Å². The summed E-state index contributed by atoms with van der Waals surface area (Å²) in [6, 6.07) is 30.5. The molecule has 0 amide bonds. The first-order valence-electron chi connectivity index (χ1n) is 11.7. The molecule has 1 atom stereocenters. The van der Waals surface area contributed by atoms with Crippen LogP contribution >= 0.6 is 29.9 Å². The zero-order chi connectivity index (χ0) is 28.5. The number of hydrogen-bond donors (Lipinski definition) is 0. The van der Waals surface area contributed by atoms with Gasteiger partial charge in [0, 0.05) is 10.5 Å². The fourth-order valence-corrected chi connectivity index (χ4v) is 6.76. The molecule has 0 fully saturated rings. The molecule has 0 aliphatic rings. The van der Waals surface area contributed by atoms with Crippen molar-refractivity contribution >= 4 is 50.1 Å². The van der Waals surface area contributed by atoms with E-state index in [1.807, 2.05) is 42.5 Å². The van der Waals surface area contributed by atoms with Crippen LogP contribution in [0.1, 0.15) is 13.3 Å². The number of ether oxygens (including phenoxy) is 1. The van der Waals surface area contributed by atoms with Crippen molar-refractivity contribution in [3.63, 3.8) is 0 Å². The van der Waals surface area contributed by atoms with Crippen molar-refractivity contribution in [1.82, 2.24) is 0 Å². The van der Waals surface area contributed by atoms with Crippen LogP contribution in [0.4, 0.5) is 25.2 Å². The Kier molecular flexibility index (Phi) is 7.49. The van der Waals surface area contributed by atoms with Crippen LogP contribution in [0.25, 0.3) is 36.2 Å². The first-order valence-corrected chi connectivity index (χ1v) is 15.3. The van der Waals surface area contributed by atoms with Gasteiger partial charge in [-0.15, -0.1) is 0 Å². The van der Waals surface area contributed by atoms with Crippen LogP contribution in [-0.2, 0) is 0 Å². The summed E-state index contributed by atoms with van der Waals surface area (Å²) >= 11 is 6.60. The maximum absolute atomic E-state index is 13.4. The Morgan fingerprint density at radius 2 is 1.33 bits per heavy atom. The van der Waals surface area contributed by atoms with Crippen molar-refractivity contribution in [2.24, 2.45) is 0 Å². The van der Waals surface area contributed by atoms with Crippen molar-refractivity contribution in [3.05, 3.63) is 106 Å². The zero-order valence-electron chi connectivity index (χ0n) is 20.4. The van der Waals surface area contributed by atoms with Crippen LogP contribution in [0.5, 0.6) is 5.75 Å². The molecular formula is C28H22ClF6O2PS. The summed E-state index contributed by atoms with van der Waals surface area (Å²) in [6.45, 7) is 2.67. The summed E-state index contributed by atoms with van der Waals surface area (Å²) in [4.78, 5) is 14.6. The molecule has 5 aromatic rings. The van der Waals surface area contributed by atoms with Gasteiger partial charge >= 0.3 is 33.0 Å². The maximum atomic E-state index is 13.4. The van der Waals surface area contributed by atoms with E-state index in [9.17, 15) is 30.0 Å². The summed E-state index contributed by atoms with van der Waals surface area (Å²) in [5, 5.41) is 1.75. The van der Waals surface area contributed by atoms with Crippen LogP contribution in [0, 0.1) is 0 Å². The molecule has 0 N–H and O–H groups in total. The van der Waals surface area contributed by atoms with E-state index in [-0.39, 0.29) is 5.43 Å². The first kappa shape index (κ1) is 28.9. The third-order valence-corrected chi connectivity index (χ3v) is 8.18. The second kappa shape index (κ2) is 10.1. The molecule has 0 aliphatic heterocycles. The molecule has 1 aromatic heterocycles. The minimum atomic E-state index is -10.7. The first-order chi connectivity index (χ1) is 18.1. The average Bonchev–Trinajstić information content (AvgIpc) is 2.87. The molecular weight excluding hydrogens is 581 g/mol. The van der Waals surface area contributed by atoms with Crippen LogP contribution in [0.2, 0.25) is 5.02 Å². The van der Waals surface area contributed by atoms with E-state index in [4.69, 9.17) is 16.3 Å².